The smallest absolute Gasteiger partial charge is 0.257 e. The zero-order valence-electron chi connectivity index (χ0n) is 12.8. The lowest BCUT2D eigenvalue weighted by Gasteiger charge is -2.21. The summed E-state index contributed by atoms with van der Waals surface area (Å²) >= 11 is 0. The molecule has 0 saturated carbocycles. The lowest BCUT2D eigenvalue weighted by atomic mass is 10.1. The van der Waals surface area contributed by atoms with E-state index in [1.165, 1.54) is 14.1 Å². The van der Waals surface area contributed by atoms with Crippen LogP contribution in [0.2, 0.25) is 0 Å². The molecule has 1 saturated heterocycles. The maximum atomic E-state index is 13.6. The first kappa shape index (κ1) is 17.8. The molecular weight excluding hydrogens is 330 g/mol. The minimum absolute atomic E-state index is 0.0927. The number of nitrogens with one attached hydrogen (secondary N) is 1. The molecule has 6 nitrogen and oxygen atoms in total. The number of nitrogens with zero attached hydrogens (tertiary/aromatic N) is 1. The fourth-order valence-electron chi connectivity index (χ4n) is 2.30. The quantitative estimate of drug-likeness (QED) is 0.846. The summed E-state index contributed by atoms with van der Waals surface area (Å²) in [5.74, 6) is -3.58. The fourth-order valence-corrected chi connectivity index (χ4v) is 3.47. The average molecular weight is 348 g/mol. The van der Waals surface area contributed by atoms with Crippen LogP contribution in [0, 0.1) is 17.6 Å². The Morgan fingerprint density at radius 3 is 2.48 bits per heavy atom. The molecule has 0 bridgehead atoms. The number of amides is 1. The highest BCUT2D eigenvalue weighted by molar-refractivity contribution is 7.89. The zero-order valence-corrected chi connectivity index (χ0v) is 13.6. The average Bonchev–Trinajstić information content (AvgIpc) is 2.84. The van der Waals surface area contributed by atoms with Crippen molar-refractivity contribution < 1.29 is 26.7 Å². The molecule has 0 aromatic heterocycles. The molecule has 1 amide bonds. The molecule has 2 atom stereocenters. The number of rotatable bonds is 5. The molecule has 1 heterocycles. The molecule has 1 N–H and O–H groups in total. The van der Waals surface area contributed by atoms with Crippen molar-refractivity contribution in [1.29, 1.82) is 0 Å². The first-order chi connectivity index (χ1) is 10.7. The van der Waals surface area contributed by atoms with E-state index in [2.05, 4.69) is 5.32 Å². The van der Waals surface area contributed by atoms with Gasteiger partial charge in [-0.15, -0.1) is 0 Å². The van der Waals surface area contributed by atoms with Crippen molar-refractivity contribution in [3.63, 3.8) is 0 Å². The molecule has 128 valence electrons. The van der Waals surface area contributed by atoms with Crippen molar-refractivity contribution in [3.8, 4) is 0 Å². The first-order valence-corrected chi connectivity index (χ1v) is 8.56. The lowest BCUT2D eigenvalue weighted by Crippen LogP contribution is -2.44. The second-order valence-corrected chi connectivity index (χ2v) is 7.76. The summed E-state index contributed by atoms with van der Waals surface area (Å²) in [6.07, 6.45) is 0. The van der Waals surface area contributed by atoms with E-state index >= 15 is 0 Å². The van der Waals surface area contributed by atoms with Crippen LogP contribution in [0.5, 0.6) is 0 Å². The van der Waals surface area contributed by atoms with Crippen molar-refractivity contribution in [1.82, 2.24) is 9.62 Å². The van der Waals surface area contributed by atoms with Gasteiger partial charge in [-0.1, -0.05) is 6.07 Å². The number of ether oxygens (including phenoxy) is 1. The summed E-state index contributed by atoms with van der Waals surface area (Å²) in [5, 5.41) is 2.46. The Balaban J connectivity index is 2.11. The van der Waals surface area contributed by atoms with Crippen LogP contribution < -0.4 is 5.32 Å². The van der Waals surface area contributed by atoms with E-state index in [-0.39, 0.29) is 19.0 Å². The molecule has 0 aliphatic carbocycles. The van der Waals surface area contributed by atoms with E-state index in [0.717, 1.165) is 22.5 Å². The Labute approximate surface area is 133 Å². The third-order valence-electron chi connectivity index (χ3n) is 3.69. The number of halogens is 2. The molecule has 1 aliphatic heterocycles. The van der Waals surface area contributed by atoms with Gasteiger partial charge < -0.3 is 10.1 Å². The normalized spacial score (nSPS) is 21.6. The van der Waals surface area contributed by atoms with E-state index < -0.39 is 45.1 Å². The second-order valence-electron chi connectivity index (χ2n) is 5.54. The minimum Gasteiger partial charge on any atom is -0.379 e. The molecule has 1 fully saturated rings. The van der Waals surface area contributed by atoms with Crippen LogP contribution in [0.1, 0.15) is 10.4 Å². The summed E-state index contributed by atoms with van der Waals surface area (Å²) in [4.78, 5) is 12.1. The molecule has 23 heavy (non-hydrogen) atoms. The van der Waals surface area contributed by atoms with Gasteiger partial charge in [0.1, 0.15) is 17.2 Å². The van der Waals surface area contributed by atoms with E-state index in [9.17, 15) is 22.0 Å². The number of carbonyl (C=O) groups is 1. The fraction of sp³-hybridized carbons (Fsp3) is 0.500. The van der Waals surface area contributed by atoms with Crippen LogP contribution in [0.15, 0.2) is 18.2 Å². The summed E-state index contributed by atoms with van der Waals surface area (Å²) in [6.45, 7) is 0.243. The second kappa shape index (κ2) is 6.90. The Bertz CT molecular complexity index is 674. The van der Waals surface area contributed by atoms with Crippen molar-refractivity contribution in [2.75, 3.05) is 33.1 Å². The number of hydrogen-bond donors (Lipinski definition) is 1. The summed E-state index contributed by atoms with van der Waals surface area (Å²) in [6, 6.07) is 2.50. The molecule has 9 heteroatoms. The zero-order chi connectivity index (χ0) is 17.2. The van der Waals surface area contributed by atoms with E-state index in [1.54, 1.807) is 0 Å². The maximum absolute atomic E-state index is 13.6. The molecule has 1 aliphatic rings. The summed E-state index contributed by atoms with van der Waals surface area (Å²) in [5.41, 5.74) is -0.686. The van der Waals surface area contributed by atoms with E-state index in [0.29, 0.717) is 0 Å². The van der Waals surface area contributed by atoms with Crippen LogP contribution >= 0.6 is 0 Å². The number of carbonyl (C=O) groups excluding carboxylic acids is 1. The highest BCUT2D eigenvalue weighted by Crippen LogP contribution is 2.19. The van der Waals surface area contributed by atoms with E-state index in [1.807, 2.05) is 0 Å². The molecular formula is C14H18F2N2O4S. The predicted molar refractivity (Wildman–Crippen MR) is 79.4 cm³/mol. The third kappa shape index (κ3) is 4.04. The van der Waals surface area contributed by atoms with Gasteiger partial charge in [0, 0.05) is 20.0 Å². The van der Waals surface area contributed by atoms with Gasteiger partial charge in [-0.3, -0.25) is 4.79 Å². The minimum atomic E-state index is -3.48. The van der Waals surface area contributed by atoms with Crippen LogP contribution in [0.4, 0.5) is 8.78 Å². The van der Waals surface area contributed by atoms with Crippen molar-refractivity contribution >= 4 is 15.9 Å². The van der Waals surface area contributed by atoms with Gasteiger partial charge >= 0.3 is 0 Å². The third-order valence-corrected chi connectivity index (χ3v) is 5.65. The Kier molecular flexibility index (Phi) is 5.33. The van der Waals surface area contributed by atoms with Crippen LogP contribution in [0.25, 0.3) is 0 Å². The highest BCUT2D eigenvalue weighted by Gasteiger charge is 2.35. The number of benzene rings is 1. The van der Waals surface area contributed by atoms with Gasteiger partial charge in [0.25, 0.3) is 5.91 Å². The standard InChI is InChI=1S/C14H18F2N2O4S/c1-18(2)23(20,21)8-9-6-22-7-12(9)17-14(19)13-10(15)4-3-5-11(13)16/h3-5,9,12H,6-8H2,1-2H3,(H,17,19)/t9-,12+/m0/s1. The molecule has 2 rings (SSSR count). The monoisotopic (exact) mass is 348 g/mol. The van der Waals surface area contributed by atoms with E-state index in [4.69, 9.17) is 4.74 Å². The number of sulfonamides is 1. The Morgan fingerprint density at radius 1 is 1.30 bits per heavy atom. The number of hydrogen-bond acceptors (Lipinski definition) is 4. The van der Waals surface area contributed by atoms with Gasteiger partial charge in [0.15, 0.2) is 0 Å². The molecule has 0 spiro atoms. The summed E-state index contributed by atoms with van der Waals surface area (Å²) < 4.78 is 57.4. The van der Waals surface area contributed by atoms with Crippen LogP contribution in [0.3, 0.4) is 0 Å². The molecule has 1 aromatic carbocycles. The van der Waals surface area contributed by atoms with Gasteiger partial charge in [-0.25, -0.2) is 21.5 Å². The molecule has 0 unspecified atom stereocenters. The van der Waals surface area contributed by atoms with Crippen molar-refractivity contribution in [2.24, 2.45) is 5.92 Å². The largest absolute Gasteiger partial charge is 0.379 e. The molecule has 0 radical (unpaired) electrons. The maximum Gasteiger partial charge on any atom is 0.257 e. The van der Waals surface area contributed by atoms with Crippen LogP contribution in [-0.4, -0.2) is 57.7 Å². The van der Waals surface area contributed by atoms with Crippen LogP contribution in [-0.2, 0) is 14.8 Å². The Morgan fingerprint density at radius 2 is 1.91 bits per heavy atom. The van der Waals surface area contributed by atoms with Gasteiger partial charge in [-0.2, -0.15) is 0 Å². The van der Waals surface area contributed by atoms with Gasteiger partial charge in [-0.05, 0) is 12.1 Å². The first-order valence-electron chi connectivity index (χ1n) is 6.95. The molecule has 1 aromatic rings. The Hall–Kier alpha value is -1.58. The topological polar surface area (TPSA) is 75.7 Å². The van der Waals surface area contributed by atoms with Crippen molar-refractivity contribution in [3.05, 3.63) is 35.4 Å². The summed E-state index contributed by atoms with van der Waals surface area (Å²) in [7, 11) is -0.657. The highest BCUT2D eigenvalue weighted by atomic mass is 32.2. The van der Waals surface area contributed by atoms with Crippen molar-refractivity contribution in [2.45, 2.75) is 6.04 Å². The predicted octanol–water partition coefficient (Wildman–Crippen LogP) is 0.601. The SMILES string of the molecule is CN(C)S(=O)(=O)C[C@@H]1COC[C@H]1NC(=O)c1c(F)cccc1F. The van der Waals surface area contributed by atoms with Gasteiger partial charge in [0.05, 0.1) is 25.0 Å². The van der Waals surface area contributed by atoms with Gasteiger partial charge in [0.2, 0.25) is 10.0 Å². The lowest BCUT2D eigenvalue weighted by molar-refractivity contribution is 0.0917.